The first-order chi connectivity index (χ1) is 5.75. The number of ether oxygens (including phenoxy) is 1. The molecule has 0 unspecified atom stereocenters. The van der Waals surface area contributed by atoms with Crippen LogP contribution in [0.4, 0.5) is 0 Å². The van der Waals surface area contributed by atoms with Gasteiger partial charge in [0.25, 0.3) is 0 Å². The molecule has 0 saturated heterocycles. The van der Waals surface area contributed by atoms with Gasteiger partial charge in [0.15, 0.2) is 5.60 Å². The first kappa shape index (κ1) is 9.48. The topological polar surface area (TPSA) is 61.5 Å². The lowest BCUT2D eigenvalue weighted by atomic mass is 9.85. The minimum absolute atomic E-state index is 0.343. The van der Waals surface area contributed by atoms with Crippen LogP contribution in [0.2, 0.25) is 0 Å². The van der Waals surface area contributed by atoms with Gasteiger partial charge in [-0.1, -0.05) is 6.42 Å². The van der Waals surface area contributed by atoms with Gasteiger partial charge in [-0.25, -0.2) is 10.7 Å². The van der Waals surface area contributed by atoms with Crippen molar-refractivity contribution in [3.63, 3.8) is 0 Å². The fourth-order valence-electron chi connectivity index (χ4n) is 1.68. The molecule has 0 aromatic heterocycles. The van der Waals surface area contributed by atoms with Crippen molar-refractivity contribution in [1.29, 1.82) is 0 Å². The van der Waals surface area contributed by atoms with E-state index in [0.717, 1.165) is 19.3 Å². The molecule has 0 spiro atoms. The first-order valence-corrected chi connectivity index (χ1v) is 4.21. The van der Waals surface area contributed by atoms with Crippen LogP contribution >= 0.6 is 0 Å². The van der Waals surface area contributed by atoms with Crippen LogP contribution in [0.15, 0.2) is 0 Å². The molecule has 0 aliphatic heterocycles. The van der Waals surface area contributed by atoms with Crippen LogP contribution in [0, 0.1) is 0 Å². The number of carbonyl (C=O) groups is 1. The molecule has 0 heterocycles. The minimum atomic E-state index is -0.854. The number of esters is 1. The Morgan fingerprint density at radius 2 is 1.92 bits per heavy atom. The molecule has 0 amide bonds. The summed E-state index contributed by atoms with van der Waals surface area (Å²) in [6.45, 7) is 0. The molecule has 12 heavy (non-hydrogen) atoms. The number of methoxy groups -OCH3 is 1. The first-order valence-electron chi connectivity index (χ1n) is 4.21. The summed E-state index contributed by atoms with van der Waals surface area (Å²) in [6, 6.07) is 0. The predicted molar refractivity (Wildman–Crippen MR) is 43.1 cm³/mol. The number of hydrogen-bond acceptors (Lipinski definition) is 4. The molecule has 0 radical (unpaired) electrons. The van der Waals surface area contributed by atoms with Crippen LogP contribution < -0.4 is 5.90 Å². The molecule has 0 aromatic carbocycles. The monoisotopic (exact) mass is 173 g/mol. The molecular weight excluding hydrogens is 158 g/mol. The SMILES string of the molecule is COC(=O)C1(ON)CCCCC1. The molecule has 1 fully saturated rings. The summed E-state index contributed by atoms with van der Waals surface area (Å²) in [5, 5.41) is 0. The molecule has 2 N–H and O–H groups in total. The van der Waals surface area contributed by atoms with Gasteiger partial charge in [0, 0.05) is 0 Å². The Balaban J connectivity index is 2.66. The fourth-order valence-corrected chi connectivity index (χ4v) is 1.68. The maximum Gasteiger partial charge on any atom is 0.340 e. The third-order valence-corrected chi connectivity index (χ3v) is 2.44. The van der Waals surface area contributed by atoms with Crippen LogP contribution in [0.1, 0.15) is 32.1 Å². The van der Waals surface area contributed by atoms with E-state index in [1.165, 1.54) is 7.11 Å². The van der Waals surface area contributed by atoms with E-state index in [0.29, 0.717) is 12.8 Å². The zero-order chi connectivity index (χ0) is 9.03. The van der Waals surface area contributed by atoms with Crippen molar-refractivity contribution in [2.75, 3.05) is 7.11 Å². The van der Waals surface area contributed by atoms with Gasteiger partial charge in [-0.2, -0.15) is 0 Å². The molecule has 70 valence electrons. The van der Waals surface area contributed by atoms with Crippen molar-refractivity contribution in [3.8, 4) is 0 Å². The minimum Gasteiger partial charge on any atom is -0.467 e. The summed E-state index contributed by atoms with van der Waals surface area (Å²) in [6.07, 6.45) is 4.45. The van der Waals surface area contributed by atoms with Crippen molar-refractivity contribution in [1.82, 2.24) is 0 Å². The van der Waals surface area contributed by atoms with Crippen molar-refractivity contribution in [2.45, 2.75) is 37.7 Å². The van der Waals surface area contributed by atoms with E-state index in [2.05, 4.69) is 4.74 Å². The molecule has 1 aliphatic carbocycles. The van der Waals surface area contributed by atoms with Gasteiger partial charge in [-0.3, -0.25) is 4.84 Å². The van der Waals surface area contributed by atoms with E-state index in [9.17, 15) is 4.79 Å². The third-order valence-electron chi connectivity index (χ3n) is 2.44. The highest BCUT2D eigenvalue weighted by Gasteiger charge is 2.41. The highest BCUT2D eigenvalue weighted by molar-refractivity contribution is 5.79. The third kappa shape index (κ3) is 1.59. The highest BCUT2D eigenvalue weighted by atomic mass is 16.7. The lowest BCUT2D eigenvalue weighted by Gasteiger charge is -2.31. The van der Waals surface area contributed by atoms with Crippen LogP contribution in [0.3, 0.4) is 0 Å². The molecule has 0 bridgehead atoms. The predicted octanol–water partition coefficient (Wildman–Crippen LogP) is 0.753. The van der Waals surface area contributed by atoms with Gasteiger partial charge in [-0.15, -0.1) is 0 Å². The average Bonchev–Trinajstić information content (AvgIpc) is 2.17. The molecule has 4 nitrogen and oxygen atoms in total. The van der Waals surface area contributed by atoms with E-state index >= 15 is 0 Å². The van der Waals surface area contributed by atoms with E-state index in [4.69, 9.17) is 10.7 Å². The van der Waals surface area contributed by atoms with E-state index in [1.807, 2.05) is 0 Å². The van der Waals surface area contributed by atoms with Gasteiger partial charge in [0.05, 0.1) is 7.11 Å². The smallest absolute Gasteiger partial charge is 0.340 e. The Morgan fingerprint density at radius 3 is 2.33 bits per heavy atom. The van der Waals surface area contributed by atoms with Gasteiger partial charge < -0.3 is 4.74 Å². The number of carbonyl (C=O) groups excluding carboxylic acids is 1. The van der Waals surface area contributed by atoms with E-state index in [-0.39, 0.29) is 5.97 Å². The normalized spacial score (nSPS) is 21.8. The molecular formula is C8H15NO3. The molecule has 0 atom stereocenters. The lowest BCUT2D eigenvalue weighted by Crippen LogP contribution is -2.46. The summed E-state index contributed by atoms with van der Waals surface area (Å²) in [5.74, 6) is 4.77. The van der Waals surface area contributed by atoms with Crippen LogP contribution in [0.25, 0.3) is 0 Å². The van der Waals surface area contributed by atoms with Gasteiger partial charge >= 0.3 is 5.97 Å². The van der Waals surface area contributed by atoms with Crippen molar-refractivity contribution < 1.29 is 14.4 Å². The summed E-state index contributed by atoms with van der Waals surface area (Å²) >= 11 is 0. The maximum atomic E-state index is 11.3. The summed E-state index contributed by atoms with van der Waals surface area (Å²) in [4.78, 5) is 16.0. The van der Waals surface area contributed by atoms with Crippen LogP contribution in [-0.2, 0) is 14.4 Å². The standard InChI is InChI=1S/C8H15NO3/c1-11-7(10)8(12-9)5-3-2-4-6-8/h2-6,9H2,1H3. The Hall–Kier alpha value is -0.610. The van der Waals surface area contributed by atoms with Gasteiger partial charge in [0.2, 0.25) is 0 Å². The van der Waals surface area contributed by atoms with Crippen LogP contribution in [0.5, 0.6) is 0 Å². The second-order valence-electron chi connectivity index (χ2n) is 3.16. The quantitative estimate of drug-likeness (QED) is 0.494. The zero-order valence-electron chi connectivity index (χ0n) is 7.34. The van der Waals surface area contributed by atoms with Gasteiger partial charge in [0.1, 0.15) is 0 Å². The van der Waals surface area contributed by atoms with E-state index in [1.54, 1.807) is 0 Å². The fraction of sp³-hybridized carbons (Fsp3) is 0.875. The molecule has 4 heteroatoms. The van der Waals surface area contributed by atoms with Crippen LogP contribution in [-0.4, -0.2) is 18.7 Å². The zero-order valence-corrected chi connectivity index (χ0v) is 7.34. The molecule has 1 aliphatic rings. The van der Waals surface area contributed by atoms with Crippen molar-refractivity contribution >= 4 is 5.97 Å². The Morgan fingerprint density at radius 1 is 1.33 bits per heavy atom. The second-order valence-corrected chi connectivity index (χ2v) is 3.16. The Bertz CT molecular complexity index is 164. The molecule has 0 aromatic rings. The maximum absolute atomic E-state index is 11.3. The van der Waals surface area contributed by atoms with Gasteiger partial charge in [-0.05, 0) is 25.7 Å². The molecule has 1 saturated carbocycles. The average molecular weight is 173 g/mol. The lowest BCUT2D eigenvalue weighted by molar-refractivity contribution is -0.175. The number of hydrogen-bond donors (Lipinski definition) is 1. The largest absolute Gasteiger partial charge is 0.467 e. The highest BCUT2D eigenvalue weighted by Crippen LogP contribution is 2.31. The summed E-state index contributed by atoms with van der Waals surface area (Å²) in [5.41, 5.74) is -0.854. The number of nitrogens with two attached hydrogens (primary N) is 1. The van der Waals surface area contributed by atoms with Crippen molar-refractivity contribution in [2.24, 2.45) is 5.90 Å². The Kier molecular flexibility index (Phi) is 3.05. The molecule has 1 rings (SSSR count). The number of rotatable bonds is 2. The van der Waals surface area contributed by atoms with E-state index < -0.39 is 5.60 Å². The summed E-state index contributed by atoms with van der Waals surface area (Å²) < 4.78 is 4.64. The Labute approximate surface area is 72.0 Å². The summed E-state index contributed by atoms with van der Waals surface area (Å²) in [7, 11) is 1.36. The van der Waals surface area contributed by atoms with Crippen molar-refractivity contribution in [3.05, 3.63) is 0 Å². The second kappa shape index (κ2) is 3.87.